The Morgan fingerprint density at radius 2 is 1.82 bits per heavy atom. The van der Waals surface area contributed by atoms with Gasteiger partial charge in [-0.1, -0.05) is 43.0 Å². The smallest absolute Gasteiger partial charge is 0.311 e. The summed E-state index contributed by atoms with van der Waals surface area (Å²) in [6.45, 7) is 6.47. The van der Waals surface area contributed by atoms with Gasteiger partial charge in [-0.3, -0.25) is 9.59 Å². The molecule has 1 amide bonds. The highest BCUT2D eigenvalue weighted by Crippen LogP contribution is 2.33. The van der Waals surface area contributed by atoms with E-state index in [0.717, 1.165) is 11.4 Å². The lowest BCUT2D eigenvalue weighted by Crippen LogP contribution is -2.26. The zero-order valence-electron chi connectivity index (χ0n) is 19.1. The number of nitrogens with one attached hydrogen (secondary N) is 2. The van der Waals surface area contributed by atoms with Crippen molar-refractivity contribution in [2.75, 3.05) is 23.8 Å². The highest BCUT2D eigenvalue weighted by Gasteiger charge is 2.23. The number of esters is 1. The quantitative estimate of drug-likeness (QED) is 0.472. The minimum atomic E-state index is -0.385. The van der Waals surface area contributed by atoms with Crippen LogP contribution in [0.4, 0.5) is 17.1 Å². The van der Waals surface area contributed by atoms with Gasteiger partial charge in [0.15, 0.2) is 0 Å². The molecule has 0 bridgehead atoms. The number of ether oxygens (including phenoxy) is 2. The number of rotatable bonds is 9. The lowest BCUT2D eigenvalue weighted by atomic mass is 10.2. The Bertz CT molecular complexity index is 1050. The van der Waals surface area contributed by atoms with Gasteiger partial charge in [0.25, 0.3) is 0 Å². The Morgan fingerprint density at radius 3 is 2.58 bits per heavy atom. The first-order valence-corrected chi connectivity index (χ1v) is 11.9. The van der Waals surface area contributed by atoms with Crippen LogP contribution in [0.15, 0.2) is 65.3 Å². The minimum absolute atomic E-state index is 0.0898. The molecule has 0 saturated carbocycles. The molecule has 0 fully saturated rings. The summed E-state index contributed by atoms with van der Waals surface area (Å²) >= 11 is 1.36. The van der Waals surface area contributed by atoms with Gasteiger partial charge in [0.05, 0.1) is 47.0 Å². The first-order valence-electron chi connectivity index (χ1n) is 11.0. The summed E-state index contributed by atoms with van der Waals surface area (Å²) in [5, 5.41) is 6.52. The van der Waals surface area contributed by atoms with Crippen molar-refractivity contribution in [1.29, 1.82) is 0 Å². The van der Waals surface area contributed by atoms with Crippen LogP contribution in [0.3, 0.4) is 0 Å². The molecular formula is C25H29N3O4S. The molecule has 1 aliphatic heterocycles. The van der Waals surface area contributed by atoms with Gasteiger partial charge in [-0.05, 0) is 50.6 Å². The van der Waals surface area contributed by atoms with Crippen LogP contribution in [0.2, 0.25) is 0 Å². The van der Waals surface area contributed by atoms with Crippen molar-refractivity contribution in [3.8, 4) is 5.75 Å². The maximum absolute atomic E-state index is 13.1. The number of aliphatic imine (C=N–C) groups is 1. The second-order valence-corrected chi connectivity index (χ2v) is 8.40. The van der Waals surface area contributed by atoms with Crippen molar-refractivity contribution in [1.82, 2.24) is 0 Å². The molecule has 0 radical (unpaired) electrons. The summed E-state index contributed by atoms with van der Waals surface area (Å²) in [6.07, 6.45) is 2.50. The van der Waals surface area contributed by atoms with Crippen molar-refractivity contribution in [3.05, 3.63) is 60.3 Å². The van der Waals surface area contributed by atoms with Crippen molar-refractivity contribution in [2.45, 2.75) is 38.9 Å². The SMILES string of the molecule is CCOC(=O)CC1=CC(SC(CC)C(=O)Nc2ccccc2OCC)=Nc2ccccc2N1. The number of thioether (sulfide) groups is 1. The number of fused-ring (bicyclic) bond motifs is 1. The van der Waals surface area contributed by atoms with Gasteiger partial charge in [-0.2, -0.15) is 0 Å². The predicted octanol–water partition coefficient (Wildman–Crippen LogP) is 5.53. The van der Waals surface area contributed by atoms with E-state index in [1.54, 1.807) is 6.92 Å². The highest BCUT2D eigenvalue weighted by atomic mass is 32.2. The first-order chi connectivity index (χ1) is 16.0. The lowest BCUT2D eigenvalue weighted by molar-refractivity contribution is -0.142. The summed E-state index contributed by atoms with van der Waals surface area (Å²) in [5.41, 5.74) is 2.84. The molecule has 1 heterocycles. The van der Waals surface area contributed by atoms with E-state index in [-0.39, 0.29) is 23.5 Å². The number of hydrogen-bond acceptors (Lipinski definition) is 7. The van der Waals surface area contributed by atoms with Crippen molar-refractivity contribution < 1.29 is 19.1 Å². The summed E-state index contributed by atoms with van der Waals surface area (Å²) in [4.78, 5) is 29.9. The number of carbonyl (C=O) groups excluding carboxylic acids is 2. The number of para-hydroxylation sites is 4. The largest absolute Gasteiger partial charge is 0.492 e. The molecule has 3 rings (SSSR count). The number of carbonyl (C=O) groups is 2. The Labute approximate surface area is 198 Å². The predicted molar refractivity (Wildman–Crippen MR) is 134 cm³/mol. The van der Waals surface area contributed by atoms with Crippen LogP contribution in [0.25, 0.3) is 0 Å². The topological polar surface area (TPSA) is 89.0 Å². The maximum Gasteiger partial charge on any atom is 0.311 e. The summed E-state index contributed by atoms with van der Waals surface area (Å²) in [7, 11) is 0. The van der Waals surface area contributed by atoms with Crippen molar-refractivity contribution in [2.24, 2.45) is 4.99 Å². The van der Waals surface area contributed by atoms with Gasteiger partial charge >= 0.3 is 5.97 Å². The van der Waals surface area contributed by atoms with Crippen molar-refractivity contribution in [3.63, 3.8) is 0 Å². The van der Waals surface area contributed by atoms with E-state index < -0.39 is 0 Å². The molecule has 2 aromatic rings. The fraction of sp³-hybridized carbons (Fsp3) is 0.320. The third-order valence-electron chi connectivity index (χ3n) is 4.74. The van der Waals surface area contributed by atoms with Crippen LogP contribution >= 0.6 is 11.8 Å². The molecule has 8 heteroatoms. The Balaban J connectivity index is 1.82. The molecule has 7 nitrogen and oxygen atoms in total. The van der Waals surface area contributed by atoms with Gasteiger partial charge in [-0.25, -0.2) is 4.99 Å². The van der Waals surface area contributed by atoms with E-state index in [1.165, 1.54) is 11.8 Å². The molecule has 0 saturated heterocycles. The average Bonchev–Trinajstić information content (AvgIpc) is 2.97. The van der Waals surface area contributed by atoms with Crippen LogP contribution in [0.1, 0.15) is 33.6 Å². The van der Waals surface area contributed by atoms with Gasteiger partial charge in [0, 0.05) is 5.70 Å². The normalized spacial score (nSPS) is 13.4. The summed E-state index contributed by atoms with van der Waals surface area (Å²) in [6, 6.07) is 15.0. The summed E-state index contributed by atoms with van der Waals surface area (Å²) in [5.74, 6) is 0.176. The highest BCUT2D eigenvalue weighted by molar-refractivity contribution is 8.15. The zero-order valence-corrected chi connectivity index (χ0v) is 19.9. The second-order valence-electron chi connectivity index (χ2n) is 7.18. The molecule has 0 aromatic heterocycles. The molecule has 0 aliphatic carbocycles. The van der Waals surface area contributed by atoms with Gasteiger partial charge in [0.1, 0.15) is 5.75 Å². The number of benzene rings is 2. The standard InChI is InChI=1S/C25H29N3O4S/c1-4-22(25(30)28-20-13-9-10-14-21(20)31-5-2)33-23-15-17(16-24(29)32-6-3)26-18-11-7-8-12-19(18)27-23/h7-15,22,26H,4-6,16H2,1-3H3,(H,28,30). The maximum atomic E-state index is 13.1. The van der Waals surface area contributed by atoms with Gasteiger partial charge in [-0.15, -0.1) is 0 Å². The molecular weight excluding hydrogens is 438 g/mol. The van der Waals surface area contributed by atoms with E-state index in [1.807, 2.05) is 68.5 Å². The molecule has 1 unspecified atom stereocenters. The van der Waals surface area contributed by atoms with Crippen LogP contribution < -0.4 is 15.4 Å². The monoisotopic (exact) mass is 467 g/mol. The summed E-state index contributed by atoms with van der Waals surface area (Å²) < 4.78 is 10.7. The average molecular weight is 468 g/mol. The fourth-order valence-electron chi connectivity index (χ4n) is 3.24. The van der Waals surface area contributed by atoms with E-state index in [9.17, 15) is 9.59 Å². The molecule has 33 heavy (non-hydrogen) atoms. The van der Waals surface area contributed by atoms with Crippen molar-refractivity contribution >= 4 is 45.7 Å². The number of amides is 1. The molecule has 1 atom stereocenters. The second kappa shape index (κ2) is 12.1. The van der Waals surface area contributed by atoms with Crippen LogP contribution in [0, 0.1) is 0 Å². The van der Waals surface area contributed by atoms with E-state index in [2.05, 4.69) is 10.6 Å². The van der Waals surface area contributed by atoms with Gasteiger partial charge in [0.2, 0.25) is 5.91 Å². The Morgan fingerprint density at radius 1 is 1.06 bits per heavy atom. The number of nitrogens with zero attached hydrogens (tertiary/aromatic N) is 1. The molecule has 0 spiro atoms. The molecule has 2 aromatic carbocycles. The lowest BCUT2D eigenvalue weighted by Gasteiger charge is -2.16. The van der Waals surface area contributed by atoms with Crippen LogP contribution in [-0.2, 0) is 14.3 Å². The zero-order chi connectivity index (χ0) is 23.6. The van der Waals surface area contributed by atoms with Gasteiger partial charge < -0.3 is 20.1 Å². The molecule has 2 N–H and O–H groups in total. The Hall–Kier alpha value is -3.26. The number of anilines is 2. The van der Waals surface area contributed by atoms with E-state index in [0.29, 0.717) is 41.8 Å². The first kappa shape index (κ1) is 24.4. The number of hydrogen-bond donors (Lipinski definition) is 2. The van der Waals surface area contributed by atoms with Crippen LogP contribution in [0.5, 0.6) is 5.75 Å². The van der Waals surface area contributed by atoms with E-state index in [4.69, 9.17) is 14.5 Å². The minimum Gasteiger partial charge on any atom is -0.492 e. The van der Waals surface area contributed by atoms with E-state index >= 15 is 0 Å². The van der Waals surface area contributed by atoms with Crippen LogP contribution in [-0.4, -0.2) is 35.4 Å². The molecule has 174 valence electrons. The Kier molecular flexibility index (Phi) is 8.95. The molecule has 1 aliphatic rings. The third-order valence-corrected chi connectivity index (χ3v) is 6.02. The fourth-order valence-corrected chi connectivity index (χ4v) is 4.23. The third kappa shape index (κ3) is 6.86.